The standard InChI is InChI=1S/C23H44N2O2/c1-3-5-6-7-8-9-10-11-12-13-14-15-16-17-18-19-20-24-23(26)25-21-22-27-4-2/h2H,3,5-22H2,1H3,(H2,24,25,26). The van der Waals surface area contributed by atoms with Crippen LogP contribution in [0.4, 0.5) is 4.79 Å². The van der Waals surface area contributed by atoms with Crippen molar-refractivity contribution in [1.29, 1.82) is 0 Å². The summed E-state index contributed by atoms with van der Waals surface area (Å²) in [6.07, 6.45) is 28.8. The van der Waals surface area contributed by atoms with Crippen LogP contribution >= 0.6 is 0 Å². The van der Waals surface area contributed by atoms with Gasteiger partial charge in [0.1, 0.15) is 12.7 Å². The van der Waals surface area contributed by atoms with Crippen LogP contribution in [-0.2, 0) is 4.74 Å². The van der Waals surface area contributed by atoms with Gasteiger partial charge in [-0.15, -0.1) is 0 Å². The Morgan fingerprint density at radius 3 is 1.56 bits per heavy atom. The summed E-state index contributed by atoms with van der Waals surface area (Å²) in [4.78, 5) is 11.4. The van der Waals surface area contributed by atoms with Crippen molar-refractivity contribution in [2.45, 2.75) is 110 Å². The molecule has 0 fully saturated rings. The molecule has 27 heavy (non-hydrogen) atoms. The maximum absolute atomic E-state index is 11.4. The lowest BCUT2D eigenvalue weighted by atomic mass is 10.0. The fourth-order valence-electron chi connectivity index (χ4n) is 3.21. The molecule has 0 spiro atoms. The second-order valence-corrected chi connectivity index (χ2v) is 7.45. The third kappa shape index (κ3) is 22.6. The number of carbonyl (C=O) groups excluding carboxylic acids is 1. The molecule has 0 aliphatic rings. The molecular formula is C23H44N2O2. The van der Waals surface area contributed by atoms with Crippen LogP contribution in [0.15, 0.2) is 0 Å². The molecule has 2 N–H and O–H groups in total. The molecule has 0 aromatic rings. The van der Waals surface area contributed by atoms with E-state index in [9.17, 15) is 4.79 Å². The first-order valence-electron chi connectivity index (χ1n) is 11.4. The normalized spacial score (nSPS) is 10.4. The van der Waals surface area contributed by atoms with Gasteiger partial charge in [-0.25, -0.2) is 4.79 Å². The lowest BCUT2D eigenvalue weighted by molar-refractivity contribution is 0.232. The van der Waals surface area contributed by atoms with Gasteiger partial charge in [-0.05, 0) is 6.42 Å². The van der Waals surface area contributed by atoms with Crippen molar-refractivity contribution in [3.8, 4) is 12.5 Å². The summed E-state index contributed by atoms with van der Waals surface area (Å²) < 4.78 is 4.71. The fraction of sp³-hybridized carbons (Fsp3) is 0.870. The number of amides is 2. The molecule has 2 amide bonds. The predicted octanol–water partition coefficient (Wildman–Crippen LogP) is 6.15. The smallest absolute Gasteiger partial charge is 0.314 e. The molecule has 0 rings (SSSR count). The summed E-state index contributed by atoms with van der Waals surface area (Å²) in [7, 11) is 0. The number of carbonyl (C=O) groups is 1. The maximum Gasteiger partial charge on any atom is 0.314 e. The number of nitrogens with one attached hydrogen (secondary N) is 2. The van der Waals surface area contributed by atoms with Gasteiger partial charge < -0.3 is 15.4 Å². The zero-order valence-corrected chi connectivity index (χ0v) is 17.8. The molecule has 158 valence electrons. The predicted molar refractivity (Wildman–Crippen MR) is 116 cm³/mol. The largest absolute Gasteiger partial charge is 0.445 e. The van der Waals surface area contributed by atoms with Crippen LogP contribution < -0.4 is 10.6 Å². The number of urea groups is 1. The summed E-state index contributed by atoms with van der Waals surface area (Å²) in [5.74, 6) is 0. The number of hydrogen-bond donors (Lipinski definition) is 2. The van der Waals surface area contributed by atoms with Crippen molar-refractivity contribution < 1.29 is 9.53 Å². The molecule has 4 heteroatoms. The zero-order chi connectivity index (χ0) is 19.8. The van der Waals surface area contributed by atoms with E-state index in [1.54, 1.807) is 0 Å². The highest BCUT2D eigenvalue weighted by Crippen LogP contribution is 2.13. The highest BCUT2D eigenvalue weighted by atomic mass is 16.5. The molecule has 0 unspecified atom stereocenters. The first-order chi connectivity index (χ1) is 13.3. The van der Waals surface area contributed by atoms with Gasteiger partial charge in [0.25, 0.3) is 0 Å². The van der Waals surface area contributed by atoms with Crippen molar-refractivity contribution in [1.82, 2.24) is 10.6 Å². The molecule has 0 aliphatic carbocycles. The third-order valence-electron chi connectivity index (χ3n) is 4.89. The Bertz CT molecular complexity index is 353. The molecule has 0 radical (unpaired) electrons. The van der Waals surface area contributed by atoms with Gasteiger partial charge in [0, 0.05) is 6.54 Å². The Hall–Kier alpha value is -1.37. The van der Waals surface area contributed by atoms with Crippen LogP contribution in [-0.4, -0.2) is 25.7 Å². The van der Waals surface area contributed by atoms with Gasteiger partial charge in [-0.1, -0.05) is 110 Å². The maximum atomic E-state index is 11.4. The first kappa shape index (κ1) is 25.6. The monoisotopic (exact) mass is 380 g/mol. The highest BCUT2D eigenvalue weighted by Gasteiger charge is 1.98. The number of unbranched alkanes of at least 4 members (excludes halogenated alkanes) is 15. The topological polar surface area (TPSA) is 50.4 Å². The van der Waals surface area contributed by atoms with Gasteiger partial charge in [-0.3, -0.25) is 0 Å². The van der Waals surface area contributed by atoms with E-state index in [1.165, 1.54) is 96.3 Å². The average Bonchev–Trinajstić information content (AvgIpc) is 2.67. The van der Waals surface area contributed by atoms with Gasteiger partial charge in [0.05, 0.1) is 6.54 Å². The van der Waals surface area contributed by atoms with Crippen molar-refractivity contribution >= 4 is 6.03 Å². The van der Waals surface area contributed by atoms with Crippen molar-refractivity contribution in [3.05, 3.63) is 0 Å². The van der Waals surface area contributed by atoms with E-state index in [0.29, 0.717) is 13.2 Å². The minimum absolute atomic E-state index is 0.142. The van der Waals surface area contributed by atoms with E-state index < -0.39 is 0 Å². The lowest BCUT2D eigenvalue weighted by Crippen LogP contribution is -2.37. The van der Waals surface area contributed by atoms with Gasteiger partial charge >= 0.3 is 6.03 Å². The number of hydrogen-bond acceptors (Lipinski definition) is 2. The summed E-state index contributed by atoms with van der Waals surface area (Å²) in [5.41, 5.74) is 0. The minimum Gasteiger partial charge on any atom is -0.445 e. The Balaban J connectivity index is 3.08. The Morgan fingerprint density at radius 1 is 0.704 bits per heavy atom. The molecule has 0 bridgehead atoms. The van der Waals surface area contributed by atoms with Crippen LogP contribution in [0.1, 0.15) is 110 Å². The van der Waals surface area contributed by atoms with E-state index in [-0.39, 0.29) is 6.03 Å². The van der Waals surface area contributed by atoms with Gasteiger partial charge in [0.15, 0.2) is 0 Å². The molecule has 0 saturated heterocycles. The van der Waals surface area contributed by atoms with Gasteiger partial charge in [-0.2, -0.15) is 0 Å². The van der Waals surface area contributed by atoms with Crippen molar-refractivity contribution in [3.63, 3.8) is 0 Å². The summed E-state index contributed by atoms with van der Waals surface area (Å²) >= 11 is 0. The third-order valence-corrected chi connectivity index (χ3v) is 4.89. The molecular weight excluding hydrogens is 336 g/mol. The van der Waals surface area contributed by atoms with Crippen molar-refractivity contribution in [2.24, 2.45) is 0 Å². The van der Waals surface area contributed by atoms with Crippen LogP contribution in [0.2, 0.25) is 0 Å². The molecule has 0 atom stereocenters. The molecule has 0 heterocycles. The molecule has 4 nitrogen and oxygen atoms in total. The van der Waals surface area contributed by atoms with Gasteiger partial charge in [0.2, 0.25) is 0 Å². The Labute approximate surface area is 168 Å². The molecule has 0 saturated carbocycles. The highest BCUT2D eigenvalue weighted by molar-refractivity contribution is 5.73. The zero-order valence-electron chi connectivity index (χ0n) is 17.8. The lowest BCUT2D eigenvalue weighted by Gasteiger charge is -2.07. The van der Waals surface area contributed by atoms with E-state index >= 15 is 0 Å². The second kappa shape index (κ2) is 22.7. The Morgan fingerprint density at radius 2 is 1.11 bits per heavy atom. The number of terminal acetylenes is 1. The first-order valence-corrected chi connectivity index (χ1v) is 11.4. The molecule has 0 aromatic heterocycles. The van der Waals surface area contributed by atoms with E-state index in [0.717, 1.165) is 13.0 Å². The van der Waals surface area contributed by atoms with Crippen LogP contribution in [0, 0.1) is 12.5 Å². The quantitative estimate of drug-likeness (QED) is 0.196. The van der Waals surface area contributed by atoms with E-state index in [4.69, 9.17) is 11.2 Å². The fourth-order valence-corrected chi connectivity index (χ4v) is 3.21. The Kier molecular flexibility index (Phi) is 21.5. The van der Waals surface area contributed by atoms with E-state index in [2.05, 4.69) is 23.7 Å². The second-order valence-electron chi connectivity index (χ2n) is 7.45. The number of ether oxygens (including phenoxy) is 1. The SMILES string of the molecule is C#COCCNC(=O)NCCCCCCCCCCCCCCCCCC. The van der Waals surface area contributed by atoms with Crippen LogP contribution in [0.25, 0.3) is 0 Å². The summed E-state index contributed by atoms with van der Waals surface area (Å²) in [6.45, 7) is 3.80. The molecule has 0 aliphatic heterocycles. The number of rotatable bonds is 20. The van der Waals surface area contributed by atoms with E-state index in [1.807, 2.05) is 0 Å². The van der Waals surface area contributed by atoms with Crippen molar-refractivity contribution in [2.75, 3.05) is 19.7 Å². The summed E-state index contributed by atoms with van der Waals surface area (Å²) in [6, 6.07) is -0.142. The van der Waals surface area contributed by atoms with Crippen LogP contribution in [0.5, 0.6) is 0 Å². The molecule has 0 aromatic carbocycles. The van der Waals surface area contributed by atoms with Crippen LogP contribution in [0.3, 0.4) is 0 Å². The minimum atomic E-state index is -0.142. The average molecular weight is 381 g/mol. The summed E-state index contributed by atoms with van der Waals surface area (Å²) in [5, 5.41) is 5.55.